The Hall–Kier alpha value is -3.23. The van der Waals surface area contributed by atoms with Crippen molar-refractivity contribution in [1.82, 2.24) is 15.9 Å². The van der Waals surface area contributed by atoms with E-state index in [1.807, 2.05) is 0 Å². The number of hydrogen-bond acceptors (Lipinski definition) is 6. The molecule has 0 aliphatic carbocycles. The van der Waals surface area contributed by atoms with Gasteiger partial charge in [0.25, 0.3) is 0 Å². The van der Waals surface area contributed by atoms with Gasteiger partial charge >= 0.3 is 0 Å². The molecule has 0 aromatic heterocycles. The number of nitrogens with two attached hydrogens (primary N) is 1. The molecule has 7 nitrogen and oxygen atoms in total. The van der Waals surface area contributed by atoms with E-state index >= 15 is 0 Å². The van der Waals surface area contributed by atoms with Crippen LogP contribution in [0.15, 0.2) is 71.2 Å². The number of halogens is 1. The topological polar surface area (TPSA) is 108 Å². The van der Waals surface area contributed by atoms with E-state index in [0.717, 1.165) is 10.7 Å². The maximum atomic E-state index is 12.9. The fourth-order valence-corrected chi connectivity index (χ4v) is 2.25. The summed E-state index contributed by atoms with van der Waals surface area (Å²) in [6.45, 7) is 8.72. The quantitative estimate of drug-likeness (QED) is 0.196. The van der Waals surface area contributed by atoms with Gasteiger partial charge in [-0.2, -0.15) is 0 Å². The van der Waals surface area contributed by atoms with Crippen LogP contribution in [0.3, 0.4) is 0 Å². The number of hydroxylamine groups is 1. The second-order valence-corrected chi connectivity index (χ2v) is 6.47. The molecule has 8 heteroatoms. The van der Waals surface area contributed by atoms with Crippen LogP contribution < -0.4 is 16.5 Å². The minimum Gasteiger partial charge on any atom is -0.400 e. The van der Waals surface area contributed by atoms with Crippen LogP contribution in [0.4, 0.5) is 4.39 Å². The van der Waals surface area contributed by atoms with E-state index < -0.39 is 5.78 Å². The Kier molecular flexibility index (Phi) is 9.50. The van der Waals surface area contributed by atoms with Crippen LogP contribution in [0.1, 0.15) is 26.3 Å². The molecular formula is C21H27FN4O3. The van der Waals surface area contributed by atoms with Crippen LogP contribution in [-0.4, -0.2) is 29.1 Å². The summed E-state index contributed by atoms with van der Waals surface area (Å²) in [6, 6.07) is 5.91. The van der Waals surface area contributed by atoms with Crippen LogP contribution in [-0.2, 0) is 16.0 Å². The smallest absolute Gasteiger partial charge is 0.211 e. The minimum atomic E-state index is -0.422. The van der Waals surface area contributed by atoms with Crippen molar-refractivity contribution in [2.24, 2.45) is 5.73 Å². The molecule has 0 unspecified atom stereocenters. The largest absolute Gasteiger partial charge is 0.400 e. The number of nitrogens with one attached hydrogen (secondary N) is 2. The molecule has 0 saturated heterocycles. The number of amides is 1. The third kappa shape index (κ3) is 8.12. The predicted molar refractivity (Wildman–Crippen MR) is 109 cm³/mol. The molecule has 29 heavy (non-hydrogen) atoms. The molecule has 0 fully saturated rings. The molecule has 5 N–H and O–H groups in total. The lowest BCUT2D eigenvalue weighted by Crippen LogP contribution is -2.39. The first-order chi connectivity index (χ1) is 13.6. The van der Waals surface area contributed by atoms with Crippen LogP contribution >= 0.6 is 0 Å². The Bertz CT molecular complexity index is 838. The van der Waals surface area contributed by atoms with Crippen molar-refractivity contribution in [2.75, 3.05) is 6.54 Å². The van der Waals surface area contributed by atoms with Gasteiger partial charge in [-0.1, -0.05) is 24.8 Å². The highest BCUT2D eigenvalue weighted by Crippen LogP contribution is 2.10. The third-order valence-corrected chi connectivity index (χ3v) is 3.92. The Morgan fingerprint density at radius 1 is 1.24 bits per heavy atom. The number of rotatable bonds is 11. The highest BCUT2D eigenvalue weighted by molar-refractivity contribution is 6.07. The van der Waals surface area contributed by atoms with Crippen molar-refractivity contribution < 1.29 is 19.2 Å². The average molecular weight is 402 g/mol. The Labute approximate surface area is 170 Å². The first kappa shape index (κ1) is 23.8. The minimum absolute atomic E-state index is 0.0222. The van der Waals surface area contributed by atoms with Gasteiger partial charge in [-0.05, 0) is 62.1 Å². The zero-order valence-electron chi connectivity index (χ0n) is 16.8. The molecule has 0 spiro atoms. The van der Waals surface area contributed by atoms with Gasteiger partial charge in [0.2, 0.25) is 12.2 Å². The van der Waals surface area contributed by atoms with E-state index in [-0.39, 0.29) is 23.8 Å². The highest BCUT2D eigenvalue weighted by atomic mass is 19.1. The summed E-state index contributed by atoms with van der Waals surface area (Å²) in [5.41, 5.74) is 10.8. The second kappa shape index (κ2) is 11.6. The van der Waals surface area contributed by atoms with Crippen molar-refractivity contribution in [3.05, 3.63) is 82.6 Å². The van der Waals surface area contributed by atoms with Crippen LogP contribution in [0.2, 0.25) is 0 Å². The molecule has 0 aliphatic rings. The summed E-state index contributed by atoms with van der Waals surface area (Å²) in [6.07, 6.45) is 4.02. The molecule has 0 atom stereocenters. The molecule has 0 heterocycles. The molecule has 1 amide bonds. The molecular weight excluding hydrogens is 375 g/mol. The van der Waals surface area contributed by atoms with Gasteiger partial charge in [0.15, 0.2) is 0 Å². The van der Waals surface area contributed by atoms with Gasteiger partial charge in [-0.15, -0.1) is 5.17 Å². The van der Waals surface area contributed by atoms with E-state index in [4.69, 9.17) is 5.73 Å². The zero-order valence-corrected chi connectivity index (χ0v) is 16.8. The lowest BCUT2D eigenvalue weighted by Gasteiger charge is -2.20. The number of Topliss-reactive ketones (excluding diaryl/α,β-unsaturated/α-hetero) is 1. The van der Waals surface area contributed by atoms with Crippen molar-refractivity contribution in [3.63, 3.8) is 0 Å². The number of carbonyl (C=O) groups is 2. The standard InChI is InChI=1S/C21H27FN4O3/c1-14(2)19(24-13-27)10-5-15(3)21(28)20(16(4)23)25-26(29)12-11-17-6-8-18(22)9-7-17/h5-10,13,25,29H,1,11-12,23H2,2-4H3,(H,24,27)/b15-5+,19-10+,20-16+. The van der Waals surface area contributed by atoms with Gasteiger partial charge in [0, 0.05) is 17.9 Å². The van der Waals surface area contributed by atoms with E-state index in [9.17, 15) is 19.2 Å². The molecule has 0 radical (unpaired) electrons. The summed E-state index contributed by atoms with van der Waals surface area (Å²) < 4.78 is 12.9. The summed E-state index contributed by atoms with van der Waals surface area (Å²) in [7, 11) is 0. The normalized spacial score (nSPS) is 13.0. The maximum Gasteiger partial charge on any atom is 0.211 e. The molecule has 1 rings (SSSR count). The Balaban J connectivity index is 2.83. The first-order valence-corrected chi connectivity index (χ1v) is 8.89. The summed E-state index contributed by atoms with van der Waals surface area (Å²) in [5.74, 6) is -0.758. The number of hydrogen-bond donors (Lipinski definition) is 4. The fourth-order valence-electron chi connectivity index (χ4n) is 2.25. The number of nitrogens with zero attached hydrogens (tertiary/aromatic N) is 1. The number of allylic oxidation sites excluding steroid dienone is 5. The number of hydrazine groups is 1. The van der Waals surface area contributed by atoms with Crippen molar-refractivity contribution in [2.45, 2.75) is 27.2 Å². The van der Waals surface area contributed by atoms with E-state index in [2.05, 4.69) is 17.3 Å². The monoisotopic (exact) mass is 402 g/mol. The molecule has 1 aromatic rings. The predicted octanol–water partition coefficient (Wildman–Crippen LogP) is 2.48. The zero-order chi connectivity index (χ0) is 22.0. The van der Waals surface area contributed by atoms with E-state index in [1.54, 1.807) is 32.1 Å². The van der Waals surface area contributed by atoms with Gasteiger partial charge in [0.1, 0.15) is 11.5 Å². The van der Waals surface area contributed by atoms with E-state index in [0.29, 0.717) is 29.7 Å². The summed E-state index contributed by atoms with van der Waals surface area (Å²) in [4.78, 5) is 23.3. The van der Waals surface area contributed by atoms with Crippen molar-refractivity contribution >= 4 is 12.2 Å². The maximum absolute atomic E-state index is 12.9. The molecule has 0 saturated carbocycles. The fraction of sp³-hybridized carbons (Fsp3) is 0.238. The molecule has 156 valence electrons. The Morgan fingerprint density at radius 2 is 1.86 bits per heavy atom. The molecule has 0 bridgehead atoms. The highest BCUT2D eigenvalue weighted by Gasteiger charge is 2.16. The van der Waals surface area contributed by atoms with Crippen LogP contribution in [0.5, 0.6) is 0 Å². The van der Waals surface area contributed by atoms with Crippen LogP contribution in [0, 0.1) is 5.82 Å². The van der Waals surface area contributed by atoms with Gasteiger partial charge in [-0.25, -0.2) is 4.39 Å². The second-order valence-electron chi connectivity index (χ2n) is 6.47. The average Bonchev–Trinajstić information content (AvgIpc) is 2.67. The number of carbonyl (C=O) groups excluding carboxylic acids is 2. The third-order valence-electron chi connectivity index (χ3n) is 3.92. The van der Waals surface area contributed by atoms with Crippen molar-refractivity contribution in [3.8, 4) is 0 Å². The summed E-state index contributed by atoms with van der Waals surface area (Å²) in [5, 5.41) is 13.3. The number of ketones is 1. The van der Waals surface area contributed by atoms with Crippen molar-refractivity contribution in [1.29, 1.82) is 0 Å². The summed E-state index contributed by atoms with van der Waals surface area (Å²) >= 11 is 0. The SMILES string of the molecule is C=C(C)/C(=C\C=C(/C)C(=O)/C(NN(O)CCc1ccc(F)cc1)=C(/C)N)NC=O. The molecule has 0 aliphatic heterocycles. The lowest BCUT2D eigenvalue weighted by molar-refractivity contribution is -0.134. The number of benzene rings is 1. The van der Waals surface area contributed by atoms with E-state index in [1.165, 1.54) is 25.1 Å². The van der Waals surface area contributed by atoms with Crippen LogP contribution in [0.25, 0.3) is 0 Å². The van der Waals surface area contributed by atoms with Gasteiger partial charge in [-0.3, -0.25) is 20.2 Å². The lowest BCUT2D eigenvalue weighted by atomic mass is 10.1. The van der Waals surface area contributed by atoms with Gasteiger partial charge < -0.3 is 11.1 Å². The first-order valence-electron chi connectivity index (χ1n) is 8.89. The Morgan fingerprint density at radius 3 is 2.38 bits per heavy atom. The van der Waals surface area contributed by atoms with Gasteiger partial charge in [0.05, 0.1) is 0 Å². The molecule has 1 aromatic carbocycles.